The number of nitrogens with two attached hydrogens (primary N) is 1. The van der Waals surface area contributed by atoms with Crippen LogP contribution in [0.4, 0.5) is 0 Å². The molecule has 0 aliphatic carbocycles. The summed E-state index contributed by atoms with van der Waals surface area (Å²) in [5, 5.41) is 11.8. The fourth-order valence-corrected chi connectivity index (χ4v) is 1.96. The zero-order valence-electron chi connectivity index (χ0n) is 9.20. The van der Waals surface area contributed by atoms with Gasteiger partial charge in [-0.25, -0.2) is 0 Å². The van der Waals surface area contributed by atoms with Crippen molar-refractivity contribution in [2.75, 3.05) is 6.61 Å². The lowest BCUT2D eigenvalue weighted by atomic mass is 10.2. The van der Waals surface area contributed by atoms with E-state index in [4.69, 9.17) is 27.3 Å². The summed E-state index contributed by atoms with van der Waals surface area (Å²) in [4.78, 5) is 0. The second-order valence-corrected chi connectivity index (χ2v) is 4.79. The molecule has 6 heteroatoms. The highest BCUT2D eigenvalue weighted by atomic mass is 79.9. The van der Waals surface area contributed by atoms with Crippen molar-refractivity contribution in [2.45, 2.75) is 19.3 Å². The fraction of sp³-hybridized carbons (Fsp3) is 0.364. The van der Waals surface area contributed by atoms with Crippen molar-refractivity contribution in [3.05, 3.63) is 27.7 Å². The van der Waals surface area contributed by atoms with E-state index in [1.807, 2.05) is 12.1 Å². The van der Waals surface area contributed by atoms with Crippen molar-refractivity contribution in [1.82, 2.24) is 0 Å². The molecule has 0 saturated carbocycles. The molecule has 1 aromatic rings. The third-order valence-electron chi connectivity index (χ3n) is 2.11. The molecule has 0 heterocycles. The lowest BCUT2D eigenvalue weighted by molar-refractivity contribution is 0.305. The quantitative estimate of drug-likeness (QED) is 0.277. The molecule has 0 aliphatic heterocycles. The second kappa shape index (κ2) is 7.40. The molecule has 0 saturated heterocycles. The topological polar surface area (TPSA) is 67.8 Å². The van der Waals surface area contributed by atoms with E-state index in [0.717, 1.165) is 17.3 Å². The van der Waals surface area contributed by atoms with Crippen LogP contribution in [0, 0.1) is 0 Å². The summed E-state index contributed by atoms with van der Waals surface area (Å²) >= 11 is 9.31. The number of halogens is 2. The van der Waals surface area contributed by atoms with E-state index >= 15 is 0 Å². The minimum absolute atomic E-state index is 0.242. The van der Waals surface area contributed by atoms with Gasteiger partial charge in [0.1, 0.15) is 11.6 Å². The van der Waals surface area contributed by atoms with E-state index in [9.17, 15) is 0 Å². The molecule has 4 nitrogen and oxygen atoms in total. The molecule has 0 bridgehead atoms. The van der Waals surface area contributed by atoms with Gasteiger partial charge in [0.05, 0.1) is 11.6 Å². The van der Waals surface area contributed by atoms with Crippen LogP contribution in [0.3, 0.4) is 0 Å². The van der Waals surface area contributed by atoms with Gasteiger partial charge in [-0.05, 0) is 31.0 Å². The molecular weight excluding hydrogens is 307 g/mol. The van der Waals surface area contributed by atoms with Gasteiger partial charge in [-0.15, -0.1) is 0 Å². The Bertz CT molecular complexity index is 399. The van der Waals surface area contributed by atoms with Gasteiger partial charge in [0.15, 0.2) is 0 Å². The SMILES string of the molecule is NC(CCCCOc1ccc(Br)cc1Cl)=NO. The molecular formula is C11H14BrClN2O2. The number of oxime groups is 1. The predicted octanol–water partition coefficient (Wildman–Crippen LogP) is 3.40. The molecule has 1 rings (SSSR count). The Labute approximate surface area is 114 Å². The maximum atomic E-state index is 8.34. The van der Waals surface area contributed by atoms with Crippen molar-refractivity contribution in [2.24, 2.45) is 10.9 Å². The Morgan fingerprint density at radius 3 is 2.88 bits per heavy atom. The Balaban J connectivity index is 2.27. The van der Waals surface area contributed by atoms with Crippen LogP contribution in [0.2, 0.25) is 5.02 Å². The molecule has 1 aromatic carbocycles. The highest BCUT2D eigenvalue weighted by Gasteiger charge is 2.02. The predicted molar refractivity (Wildman–Crippen MR) is 71.9 cm³/mol. The van der Waals surface area contributed by atoms with Gasteiger partial charge in [-0.2, -0.15) is 0 Å². The Kier molecular flexibility index (Phi) is 6.15. The van der Waals surface area contributed by atoms with E-state index in [-0.39, 0.29) is 5.84 Å². The number of hydrogen-bond acceptors (Lipinski definition) is 3. The van der Waals surface area contributed by atoms with Gasteiger partial charge in [-0.3, -0.25) is 0 Å². The first-order chi connectivity index (χ1) is 8.13. The van der Waals surface area contributed by atoms with Crippen LogP contribution in [-0.2, 0) is 0 Å². The van der Waals surface area contributed by atoms with Gasteiger partial charge in [0.25, 0.3) is 0 Å². The van der Waals surface area contributed by atoms with Crippen LogP contribution in [0.25, 0.3) is 0 Å². The second-order valence-electron chi connectivity index (χ2n) is 3.47. The molecule has 0 unspecified atom stereocenters. The van der Waals surface area contributed by atoms with Crippen molar-refractivity contribution in [3.63, 3.8) is 0 Å². The van der Waals surface area contributed by atoms with E-state index in [1.165, 1.54) is 0 Å². The van der Waals surface area contributed by atoms with Gasteiger partial charge in [0, 0.05) is 10.9 Å². The number of nitrogens with zero attached hydrogens (tertiary/aromatic N) is 1. The lowest BCUT2D eigenvalue weighted by Crippen LogP contribution is -2.11. The van der Waals surface area contributed by atoms with Gasteiger partial charge >= 0.3 is 0 Å². The van der Waals surface area contributed by atoms with E-state index in [2.05, 4.69) is 21.1 Å². The van der Waals surface area contributed by atoms with Crippen LogP contribution in [0.15, 0.2) is 27.8 Å². The van der Waals surface area contributed by atoms with E-state index < -0.39 is 0 Å². The van der Waals surface area contributed by atoms with Gasteiger partial charge < -0.3 is 15.7 Å². The Morgan fingerprint density at radius 1 is 1.47 bits per heavy atom. The minimum Gasteiger partial charge on any atom is -0.492 e. The third-order valence-corrected chi connectivity index (χ3v) is 2.90. The molecule has 0 amide bonds. The summed E-state index contributed by atoms with van der Waals surface area (Å²) in [7, 11) is 0. The smallest absolute Gasteiger partial charge is 0.139 e. The zero-order valence-corrected chi connectivity index (χ0v) is 11.5. The number of rotatable bonds is 6. The normalized spacial score (nSPS) is 11.5. The summed E-state index contributed by atoms with van der Waals surface area (Å²) in [6.07, 6.45) is 2.20. The maximum Gasteiger partial charge on any atom is 0.139 e. The first-order valence-corrected chi connectivity index (χ1v) is 6.35. The number of benzene rings is 1. The number of ether oxygens (including phenoxy) is 1. The largest absolute Gasteiger partial charge is 0.492 e. The summed E-state index contributed by atoms with van der Waals surface area (Å²) in [6, 6.07) is 5.47. The maximum absolute atomic E-state index is 8.34. The molecule has 17 heavy (non-hydrogen) atoms. The summed E-state index contributed by atoms with van der Waals surface area (Å²) < 4.78 is 6.43. The Hall–Kier alpha value is -0.940. The van der Waals surface area contributed by atoms with Crippen molar-refractivity contribution in [1.29, 1.82) is 0 Å². The van der Waals surface area contributed by atoms with Crippen molar-refractivity contribution < 1.29 is 9.94 Å². The monoisotopic (exact) mass is 320 g/mol. The number of hydrogen-bond donors (Lipinski definition) is 2. The number of unbranched alkanes of at least 4 members (excludes halogenated alkanes) is 1. The first kappa shape index (κ1) is 14.1. The average Bonchev–Trinajstić information content (AvgIpc) is 2.30. The molecule has 0 aromatic heterocycles. The van der Waals surface area contributed by atoms with Gasteiger partial charge in [-0.1, -0.05) is 32.7 Å². The van der Waals surface area contributed by atoms with Crippen LogP contribution in [0.1, 0.15) is 19.3 Å². The van der Waals surface area contributed by atoms with E-state index in [0.29, 0.717) is 23.8 Å². The van der Waals surface area contributed by atoms with Crippen molar-refractivity contribution >= 4 is 33.4 Å². The zero-order chi connectivity index (χ0) is 12.7. The highest BCUT2D eigenvalue weighted by Crippen LogP contribution is 2.27. The van der Waals surface area contributed by atoms with Crippen LogP contribution >= 0.6 is 27.5 Å². The van der Waals surface area contributed by atoms with Crippen LogP contribution < -0.4 is 10.5 Å². The first-order valence-electron chi connectivity index (χ1n) is 5.17. The highest BCUT2D eigenvalue weighted by molar-refractivity contribution is 9.10. The number of amidine groups is 1. The summed E-state index contributed by atoms with van der Waals surface area (Å²) in [5.74, 6) is 0.908. The molecule has 0 spiro atoms. The Morgan fingerprint density at radius 2 is 2.24 bits per heavy atom. The summed E-state index contributed by atoms with van der Waals surface area (Å²) in [5.41, 5.74) is 5.34. The van der Waals surface area contributed by atoms with Crippen molar-refractivity contribution in [3.8, 4) is 5.75 Å². The molecule has 0 fully saturated rings. The molecule has 0 atom stereocenters. The van der Waals surface area contributed by atoms with Crippen LogP contribution in [-0.4, -0.2) is 17.6 Å². The fourth-order valence-electron chi connectivity index (χ4n) is 1.23. The standard InChI is InChI=1S/C11H14BrClN2O2/c12-8-4-5-10(9(13)7-8)17-6-2-1-3-11(14)15-16/h4-5,7,16H,1-3,6H2,(H2,14,15). The lowest BCUT2D eigenvalue weighted by Gasteiger charge is -2.07. The van der Waals surface area contributed by atoms with E-state index in [1.54, 1.807) is 6.07 Å². The minimum atomic E-state index is 0.242. The van der Waals surface area contributed by atoms with Gasteiger partial charge in [0.2, 0.25) is 0 Å². The molecule has 3 N–H and O–H groups in total. The molecule has 0 radical (unpaired) electrons. The third kappa shape index (κ3) is 5.28. The summed E-state index contributed by atoms with van der Waals surface area (Å²) in [6.45, 7) is 0.556. The average molecular weight is 322 g/mol. The molecule has 94 valence electrons. The van der Waals surface area contributed by atoms with Crippen LogP contribution in [0.5, 0.6) is 5.75 Å². The molecule has 0 aliphatic rings.